The van der Waals surface area contributed by atoms with E-state index in [0.717, 1.165) is 0 Å². The molecule has 2 aromatic rings. The lowest BCUT2D eigenvalue weighted by molar-refractivity contribution is 0.0683. The third kappa shape index (κ3) is 2.13. The topological polar surface area (TPSA) is 116 Å². The molecule has 0 spiro atoms. The third-order valence-electron chi connectivity index (χ3n) is 2.45. The maximum absolute atomic E-state index is 10.8. The molecular formula is C12H7N5O2. The summed E-state index contributed by atoms with van der Waals surface area (Å²) in [5, 5.41) is 30.4. The van der Waals surface area contributed by atoms with Crippen molar-refractivity contribution in [2.75, 3.05) is 0 Å². The van der Waals surface area contributed by atoms with E-state index in [1.54, 1.807) is 13.0 Å². The van der Waals surface area contributed by atoms with Gasteiger partial charge in [0, 0.05) is 0 Å². The summed E-state index contributed by atoms with van der Waals surface area (Å²) in [7, 11) is 0. The maximum atomic E-state index is 10.8. The molecule has 0 saturated heterocycles. The van der Waals surface area contributed by atoms with Gasteiger partial charge in [-0.15, -0.1) is 5.10 Å². The minimum absolute atomic E-state index is 0.201. The first-order valence-corrected chi connectivity index (χ1v) is 5.18. The van der Waals surface area contributed by atoms with Gasteiger partial charge < -0.3 is 5.11 Å². The van der Waals surface area contributed by atoms with Crippen LogP contribution < -0.4 is 0 Å². The van der Waals surface area contributed by atoms with Gasteiger partial charge in [0.25, 0.3) is 5.82 Å². The molecule has 0 unspecified atom stereocenters. The van der Waals surface area contributed by atoms with Crippen molar-refractivity contribution in [1.29, 1.82) is 10.5 Å². The van der Waals surface area contributed by atoms with Crippen LogP contribution in [0.25, 0.3) is 5.69 Å². The number of carbonyl (C=O) groups is 1. The second-order valence-electron chi connectivity index (χ2n) is 3.65. The zero-order valence-corrected chi connectivity index (χ0v) is 9.82. The molecule has 0 fully saturated rings. The van der Waals surface area contributed by atoms with Crippen LogP contribution in [-0.4, -0.2) is 25.8 Å². The Morgan fingerprint density at radius 1 is 1.32 bits per heavy atom. The molecule has 1 heterocycles. The van der Waals surface area contributed by atoms with E-state index < -0.39 is 5.97 Å². The zero-order valence-electron chi connectivity index (χ0n) is 9.82. The molecule has 1 N–H and O–H groups in total. The van der Waals surface area contributed by atoms with Gasteiger partial charge in [0.1, 0.15) is 18.0 Å². The van der Waals surface area contributed by atoms with E-state index in [0.29, 0.717) is 11.5 Å². The van der Waals surface area contributed by atoms with Crippen molar-refractivity contribution in [2.24, 2.45) is 0 Å². The van der Waals surface area contributed by atoms with Crippen LogP contribution >= 0.6 is 0 Å². The number of nitrogens with zero attached hydrogens (tertiary/aromatic N) is 5. The monoisotopic (exact) mass is 253 g/mol. The molecule has 0 amide bonds. The highest BCUT2D eigenvalue weighted by atomic mass is 16.4. The predicted molar refractivity (Wildman–Crippen MR) is 62.5 cm³/mol. The van der Waals surface area contributed by atoms with Gasteiger partial charge in [-0.1, -0.05) is 0 Å². The molecular weight excluding hydrogens is 246 g/mol. The van der Waals surface area contributed by atoms with E-state index in [1.165, 1.54) is 16.8 Å². The standard InChI is InChI=1S/C12H7N5O2/c1-7-15-11(12(18)19)16-17(7)10-3-2-8(5-13)9(4-10)6-14/h2-4H,1H3,(H,18,19). The molecule has 19 heavy (non-hydrogen) atoms. The van der Waals surface area contributed by atoms with Gasteiger partial charge in [-0.3, -0.25) is 0 Å². The van der Waals surface area contributed by atoms with E-state index in [9.17, 15) is 4.79 Å². The predicted octanol–water partition coefficient (Wildman–Crippen LogP) is 1.02. The fourth-order valence-electron chi connectivity index (χ4n) is 1.58. The highest BCUT2D eigenvalue weighted by Gasteiger charge is 2.14. The fraction of sp³-hybridized carbons (Fsp3) is 0.0833. The molecule has 0 aliphatic rings. The second-order valence-corrected chi connectivity index (χ2v) is 3.65. The maximum Gasteiger partial charge on any atom is 0.375 e. The Hall–Kier alpha value is -3.19. The van der Waals surface area contributed by atoms with Gasteiger partial charge in [-0.25, -0.2) is 14.5 Å². The smallest absolute Gasteiger partial charge is 0.375 e. The van der Waals surface area contributed by atoms with Crippen molar-refractivity contribution in [1.82, 2.24) is 14.8 Å². The first-order valence-electron chi connectivity index (χ1n) is 5.18. The Balaban J connectivity index is 2.58. The third-order valence-corrected chi connectivity index (χ3v) is 2.45. The van der Waals surface area contributed by atoms with Gasteiger partial charge in [0.15, 0.2) is 0 Å². The summed E-state index contributed by atoms with van der Waals surface area (Å²) in [4.78, 5) is 14.6. The van der Waals surface area contributed by atoms with Crippen LogP contribution in [0, 0.1) is 29.6 Å². The van der Waals surface area contributed by atoms with Crippen LogP contribution in [0.4, 0.5) is 0 Å². The number of hydrogen-bond acceptors (Lipinski definition) is 5. The molecule has 0 radical (unpaired) electrons. The van der Waals surface area contributed by atoms with Crippen molar-refractivity contribution in [3.8, 4) is 17.8 Å². The van der Waals surface area contributed by atoms with Crippen LogP contribution in [0.15, 0.2) is 18.2 Å². The Kier molecular flexibility index (Phi) is 2.96. The Labute approximate surface area is 108 Å². The van der Waals surface area contributed by atoms with Crippen molar-refractivity contribution in [3.63, 3.8) is 0 Å². The fourth-order valence-corrected chi connectivity index (χ4v) is 1.58. The van der Waals surface area contributed by atoms with Gasteiger partial charge in [0.2, 0.25) is 0 Å². The van der Waals surface area contributed by atoms with Crippen LogP contribution in [0.2, 0.25) is 0 Å². The summed E-state index contributed by atoms with van der Waals surface area (Å²) in [5.74, 6) is -1.16. The van der Waals surface area contributed by atoms with Gasteiger partial charge >= 0.3 is 5.97 Å². The number of aryl methyl sites for hydroxylation is 1. The average molecular weight is 253 g/mol. The molecule has 1 aromatic carbocycles. The summed E-state index contributed by atoms with van der Waals surface area (Å²) >= 11 is 0. The minimum atomic E-state index is -1.23. The SMILES string of the molecule is Cc1nc(C(=O)O)nn1-c1ccc(C#N)c(C#N)c1. The molecule has 7 heteroatoms. The zero-order chi connectivity index (χ0) is 14.0. The van der Waals surface area contributed by atoms with E-state index in [2.05, 4.69) is 10.1 Å². The summed E-state index contributed by atoms with van der Waals surface area (Å²) in [6.07, 6.45) is 0. The van der Waals surface area contributed by atoms with Crippen molar-refractivity contribution < 1.29 is 9.90 Å². The second kappa shape index (κ2) is 4.59. The normalized spacial score (nSPS) is 9.63. The number of aromatic carboxylic acids is 1. The van der Waals surface area contributed by atoms with Gasteiger partial charge in [-0.2, -0.15) is 10.5 Å². The molecule has 0 atom stereocenters. The molecule has 1 aromatic heterocycles. The number of hydrogen-bond donors (Lipinski definition) is 1. The van der Waals surface area contributed by atoms with Crippen LogP contribution in [-0.2, 0) is 0 Å². The first-order chi connectivity index (χ1) is 9.06. The Bertz CT molecular complexity index is 748. The first kappa shape index (κ1) is 12.3. The number of benzene rings is 1. The lowest BCUT2D eigenvalue weighted by atomic mass is 10.1. The van der Waals surface area contributed by atoms with Gasteiger partial charge in [-0.05, 0) is 25.1 Å². The van der Waals surface area contributed by atoms with E-state index in [4.69, 9.17) is 15.6 Å². The molecule has 2 rings (SSSR count). The van der Waals surface area contributed by atoms with Crippen molar-refractivity contribution in [2.45, 2.75) is 6.92 Å². The number of aromatic nitrogens is 3. The molecule has 0 aliphatic carbocycles. The summed E-state index contributed by atoms with van der Waals surface area (Å²) in [6, 6.07) is 8.33. The largest absolute Gasteiger partial charge is 0.475 e. The minimum Gasteiger partial charge on any atom is -0.475 e. The summed E-state index contributed by atoms with van der Waals surface area (Å²) in [6.45, 7) is 1.60. The Morgan fingerprint density at radius 2 is 2.00 bits per heavy atom. The molecule has 0 bridgehead atoms. The highest BCUT2D eigenvalue weighted by Crippen LogP contribution is 2.15. The molecule has 7 nitrogen and oxygen atoms in total. The van der Waals surface area contributed by atoms with Crippen LogP contribution in [0.5, 0.6) is 0 Å². The number of rotatable bonds is 2. The number of nitriles is 2. The van der Waals surface area contributed by atoms with Crippen molar-refractivity contribution >= 4 is 5.97 Å². The summed E-state index contributed by atoms with van der Waals surface area (Å²) in [5.41, 5.74) is 0.933. The Morgan fingerprint density at radius 3 is 2.53 bits per heavy atom. The van der Waals surface area contributed by atoms with E-state index in [-0.39, 0.29) is 17.0 Å². The lowest BCUT2D eigenvalue weighted by Crippen LogP contribution is -2.03. The van der Waals surface area contributed by atoms with Gasteiger partial charge in [0.05, 0.1) is 16.8 Å². The van der Waals surface area contributed by atoms with Crippen LogP contribution in [0.3, 0.4) is 0 Å². The number of carboxylic acid groups (broad SMARTS) is 1. The van der Waals surface area contributed by atoms with Crippen LogP contribution in [0.1, 0.15) is 27.6 Å². The quantitative estimate of drug-likeness (QED) is 0.853. The lowest BCUT2D eigenvalue weighted by Gasteiger charge is -2.03. The summed E-state index contributed by atoms with van der Waals surface area (Å²) < 4.78 is 1.31. The molecule has 92 valence electrons. The highest BCUT2D eigenvalue weighted by molar-refractivity contribution is 5.83. The van der Waals surface area contributed by atoms with E-state index >= 15 is 0 Å². The molecule has 0 saturated carbocycles. The molecule has 0 aliphatic heterocycles. The average Bonchev–Trinajstić information content (AvgIpc) is 2.80. The van der Waals surface area contributed by atoms with Crippen molar-refractivity contribution in [3.05, 3.63) is 41.0 Å². The van der Waals surface area contributed by atoms with E-state index in [1.807, 2.05) is 12.1 Å². The number of carboxylic acids is 1.